The number of hydrogen-bond acceptors (Lipinski definition) is 1. The lowest BCUT2D eigenvalue weighted by molar-refractivity contribution is 0.649. The van der Waals surface area contributed by atoms with Crippen molar-refractivity contribution < 1.29 is 0 Å². The van der Waals surface area contributed by atoms with Gasteiger partial charge in [-0.15, -0.1) is 0 Å². The summed E-state index contributed by atoms with van der Waals surface area (Å²) in [5.41, 5.74) is 26.4. The minimum atomic E-state index is -0.140. The molecule has 0 saturated heterocycles. The van der Waals surface area contributed by atoms with Crippen LogP contribution in [0.25, 0.3) is 77.2 Å². The summed E-state index contributed by atoms with van der Waals surface area (Å²) in [7, 11) is 0. The maximum Gasteiger partial charge on any atom is 0.0754 e. The van der Waals surface area contributed by atoms with Gasteiger partial charge in [-0.05, 0) is 153 Å². The molecule has 62 heavy (non-hydrogen) atoms. The lowest BCUT2D eigenvalue weighted by Gasteiger charge is -2.25. The van der Waals surface area contributed by atoms with Gasteiger partial charge in [0.05, 0.1) is 11.4 Å². The third-order valence-electron chi connectivity index (χ3n) is 15.5. The maximum absolute atomic E-state index is 5.31. The average molecular weight is 794 g/mol. The van der Waals surface area contributed by atoms with Gasteiger partial charge in [-0.3, -0.25) is 4.99 Å². The standard InChI is InChI=1S/C61H47N/c1-59(2)51-28-38(35-14-8-7-9-15-35)24-26-43(51)46-30-55-48(32-53(46)59)49-33-54-47(31-56(49)61(55,5)6)44-27-25-39(29-52(44)60(54,3)4)36-20-22-37(23-21-36)57-34-50-42-18-11-10-16-40(42)41-17-12-13-19-45(41)58(50)62-57/h7-33H,34H2,1-6H3. The van der Waals surface area contributed by atoms with Gasteiger partial charge in [0, 0.05) is 28.1 Å². The molecule has 13 rings (SSSR count). The second kappa shape index (κ2) is 12.2. The Morgan fingerprint density at radius 2 is 0.694 bits per heavy atom. The highest BCUT2D eigenvalue weighted by atomic mass is 14.8. The fraction of sp³-hybridized carbons (Fsp3) is 0.164. The van der Waals surface area contributed by atoms with Gasteiger partial charge in [-0.25, -0.2) is 0 Å². The van der Waals surface area contributed by atoms with Crippen LogP contribution in [0.4, 0.5) is 5.69 Å². The highest BCUT2D eigenvalue weighted by Crippen LogP contribution is 2.60. The second-order valence-electron chi connectivity index (χ2n) is 19.9. The Kier molecular flexibility index (Phi) is 7.04. The number of hydrogen-bond donors (Lipinski definition) is 0. The van der Waals surface area contributed by atoms with Gasteiger partial charge in [-0.2, -0.15) is 0 Å². The maximum atomic E-state index is 5.31. The zero-order chi connectivity index (χ0) is 41.9. The Labute approximate surface area is 364 Å². The van der Waals surface area contributed by atoms with Gasteiger partial charge < -0.3 is 0 Å². The van der Waals surface area contributed by atoms with E-state index in [1.807, 2.05) is 0 Å². The van der Waals surface area contributed by atoms with Crippen molar-refractivity contribution in [3.05, 3.63) is 208 Å². The molecule has 0 radical (unpaired) electrons. The molecule has 4 aliphatic rings. The third-order valence-corrected chi connectivity index (χ3v) is 15.5. The molecule has 0 aromatic heterocycles. The SMILES string of the molecule is CC1(C)c2cc(-c3ccccc3)ccc2-c2cc3c(cc21)-c1cc2c(cc1C3(C)C)-c1ccc(-c3ccc(C4=Nc5c(c6ccccc6c6ccccc56)C4)cc3)cc1C2(C)C. The van der Waals surface area contributed by atoms with Crippen molar-refractivity contribution >= 4 is 32.9 Å². The first-order chi connectivity index (χ1) is 30.0. The monoisotopic (exact) mass is 793 g/mol. The fourth-order valence-corrected chi connectivity index (χ4v) is 12.0. The van der Waals surface area contributed by atoms with Crippen LogP contribution in [0.2, 0.25) is 0 Å². The van der Waals surface area contributed by atoms with E-state index in [2.05, 4.69) is 205 Å². The van der Waals surface area contributed by atoms with Crippen molar-refractivity contribution in [3.8, 4) is 55.6 Å². The average Bonchev–Trinajstić information content (AvgIpc) is 3.98. The predicted octanol–water partition coefficient (Wildman–Crippen LogP) is 15.9. The van der Waals surface area contributed by atoms with Crippen molar-refractivity contribution in [2.75, 3.05) is 0 Å². The number of nitrogens with zero attached hydrogens (tertiary/aromatic N) is 1. The van der Waals surface area contributed by atoms with E-state index in [-0.39, 0.29) is 16.2 Å². The summed E-state index contributed by atoms with van der Waals surface area (Å²) in [4.78, 5) is 5.31. The molecule has 0 unspecified atom stereocenters. The molecule has 9 aromatic carbocycles. The lowest BCUT2D eigenvalue weighted by atomic mass is 9.78. The van der Waals surface area contributed by atoms with Gasteiger partial charge in [0.1, 0.15) is 0 Å². The van der Waals surface area contributed by atoms with E-state index in [1.54, 1.807) is 0 Å². The van der Waals surface area contributed by atoms with Crippen LogP contribution in [0.5, 0.6) is 0 Å². The van der Waals surface area contributed by atoms with E-state index in [0.717, 1.165) is 17.8 Å². The number of rotatable bonds is 3. The molecule has 1 nitrogen and oxygen atoms in total. The number of benzene rings is 9. The van der Waals surface area contributed by atoms with Crippen LogP contribution in [-0.2, 0) is 22.7 Å². The van der Waals surface area contributed by atoms with Crippen LogP contribution in [-0.4, -0.2) is 5.71 Å². The smallest absolute Gasteiger partial charge is 0.0754 e. The van der Waals surface area contributed by atoms with E-state index in [1.165, 1.54) is 122 Å². The topological polar surface area (TPSA) is 12.4 Å². The molecule has 0 amide bonds. The van der Waals surface area contributed by atoms with Crippen molar-refractivity contribution in [1.82, 2.24) is 0 Å². The van der Waals surface area contributed by atoms with Gasteiger partial charge in [0.25, 0.3) is 0 Å². The molecule has 296 valence electrons. The number of aliphatic imine (C=N–C) groups is 1. The van der Waals surface area contributed by atoms with Crippen LogP contribution in [0, 0.1) is 0 Å². The molecule has 9 aromatic rings. The molecule has 0 atom stereocenters. The van der Waals surface area contributed by atoms with Gasteiger partial charge >= 0.3 is 0 Å². The molecule has 0 spiro atoms. The molecule has 1 aliphatic heterocycles. The van der Waals surface area contributed by atoms with E-state index in [9.17, 15) is 0 Å². The first-order valence-corrected chi connectivity index (χ1v) is 22.3. The minimum absolute atomic E-state index is 0.0996. The van der Waals surface area contributed by atoms with E-state index >= 15 is 0 Å². The van der Waals surface area contributed by atoms with Crippen LogP contribution in [0.1, 0.15) is 86.1 Å². The molecule has 0 saturated carbocycles. The summed E-state index contributed by atoms with van der Waals surface area (Å²) in [5, 5.41) is 5.14. The van der Waals surface area contributed by atoms with Gasteiger partial charge in [0.2, 0.25) is 0 Å². The molecular weight excluding hydrogens is 747 g/mol. The van der Waals surface area contributed by atoms with Crippen molar-refractivity contribution in [2.45, 2.75) is 64.2 Å². The zero-order valence-electron chi connectivity index (χ0n) is 36.2. The van der Waals surface area contributed by atoms with Crippen molar-refractivity contribution in [3.63, 3.8) is 0 Å². The molecule has 1 heteroatoms. The molecule has 0 fully saturated rings. The van der Waals surface area contributed by atoms with Crippen LogP contribution >= 0.6 is 0 Å². The summed E-state index contributed by atoms with van der Waals surface area (Å²) >= 11 is 0. The first-order valence-electron chi connectivity index (χ1n) is 22.3. The van der Waals surface area contributed by atoms with Crippen molar-refractivity contribution in [1.29, 1.82) is 0 Å². The van der Waals surface area contributed by atoms with Crippen LogP contribution in [0.3, 0.4) is 0 Å². The largest absolute Gasteiger partial charge is 0.252 e. The van der Waals surface area contributed by atoms with Gasteiger partial charge in [-0.1, -0.05) is 169 Å². The summed E-state index contributed by atoms with van der Waals surface area (Å²) in [5.74, 6) is 0. The van der Waals surface area contributed by atoms with Crippen LogP contribution in [0.15, 0.2) is 169 Å². The van der Waals surface area contributed by atoms with E-state index in [0.29, 0.717) is 0 Å². The number of fused-ring (bicyclic) bond motifs is 15. The molecule has 0 bridgehead atoms. The summed E-state index contributed by atoms with van der Waals surface area (Å²) in [6, 6.07) is 62.0. The summed E-state index contributed by atoms with van der Waals surface area (Å²) in [6.07, 6.45) is 0.847. The molecule has 1 heterocycles. The Hall–Kier alpha value is -6.83. The summed E-state index contributed by atoms with van der Waals surface area (Å²) in [6.45, 7) is 14.5. The molecule has 0 N–H and O–H groups in total. The van der Waals surface area contributed by atoms with E-state index < -0.39 is 0 Å². The fourth-order valence-electron chi connectivity index (χ4n) is 12.0. The Morgan fingerprint density at radius 1 is 0.323 bits per heavy atom. The molecule has 3 aliphatic carbocycles. The van der Waals surface area contributed by atoms with E-state index in [4.69, 9.17) is 4.99 Å². The Bertz CT molecular complexity index is 3480. The summed E-state index contributed by atoms with van der Waals surface area (Å²) < 4.78 is 0. The van der Waals surface area contributed by atoms with Crippen LogP contribution < -0.4 is 0 Å². The highest BCUT2D eigenvalue weighted by Gasteiger charge is 2.44. The predicted molar refractivity (Wildman–Crippen MR) is 261 cm³/mol. The Balaban J connectivity index is 0.841. The first kappa shape index (κ1) is 35.9. The second-order valence-corrected chi connectivity index (χ2v) is 19.9. The van der Waals surface area contributed by atoms with Crippen molar-refractivity contribution in [2.24, 2.45) is 4.99 Å². The zero-order valence-corrected chi connectivity index (χ0v) is 36.2. The third kappa shape index (κ3) is 4.72. The highest BCUT2D eigenvalue weighted by molar-refractivity contribution is 6.20. The normalized spacial score (nSPS) is 16.3. The quantitative estimate of drug-likeness (QED) is 0.158. The van der Waals surface area contributed by atoms with Gasteiger partial charge in [0.15, 0.2) is 0 Å². The lowest BCUT2D eigenvalue weighted by Crippen LogP contribution is -2.17. The Morgan fingerprint density at radius 3 is 1.21 bits per heavy atom. The minimum Gasteiger partial charge on any atom is -0.252 e. The molecular formula is C61H47N.